The zero-order chi connectivity index (χ0) is 29.6. The molecule has 2 heterocycles. The van der Waals surface area contributed by atoms with Crippen LogP contribution >= 0.6 is 34.8 Å². The van der Waals surface area contributed by atoms with Crippen LogP contribution in [0.1, 0.15) is 35.2 Å². The van der Waals surface area contributed by atoms with Crippen molar-refractivity contribution in [3.63, 3.8) is 0 Å². The number of aliphatic hydroxyl groups is 1. The molecule has 2 fully saturated rings. The Hall–Kier alpha value is -2.27. The predicted molar refractivity (Wildman–Crippen MR) is 148 cm³/mol. The Morgan fingerprint density at radius 2 is 1.65 bits per heavy atom. The molecule has 0 radical (unpaired) electrons. The van der Waals surface area contributed by atoms with Crippen LogP contribution in [0.4, 0.5) is 19.0 Å². The number of nitrogens with zero attached hydrogens (tertiary/aromatic N) is 4. The molecule has 1 aliphatic heterocycles. The lowest BCUT2D eigenvalue weighted by Gasteiger charge is -2.34. The maximum atomic E-state index is 14.1. The average molecular weight is 622 g/mol. The Kier molecular flexibility index (Phi) is 8.86. The molecule has 2 amide bonds. The van der Waals surface area contributed by atoms with Gasteiger partial charge in [0.25, 0.3) is 17.4 Å². The van der Waals surface area contributed by atoms with Crippen LogP contribution in [0.15, 0.2) is 30.3 Å². The number of benzene rings is 1. The van der Waals surface area contributed by atoms with E-state index >= 15 is 0 Å². The van der Waals surface area contributed by atoms with E-state index in [2.05, 4.69) is 9.88 Å². The van der Waals surface area contributed by atoms with Crippen molar-refractivity contribution < 1.29 is 27.9 Å². The largest absolute Gasteiger partial charge is 0.430 e. The molecular weight excluding hydrogens is 592 g/mol. The van der Waals surface area contributed by atoms with E-state index in [1.54, 1.807) is 26.2 Å². The first-order chi connectivity index (χ1) is 18.6. The zero-order valence-electron chi connectivity index (χ0n) is 22.2. The second-order valence-electron chi connectivity index (χ2n) is 10.7. The fraction of sp³-hybridized carbons (Fsp3) is 0.519. The van der Waals surface area contributed by atoms with Crippen LogP contribution in [0.5, 0.6) is 0 Å². The molecule has 1 N–H and O–H groups in total. The molecule has 1 aromatic heterocycles. The summed E-state index contributed by atoms with van der Waals surface area (Å²) in [4.78, 5) is 34.1. The number of anilines is 1. The second-order valence-corrected chi connectivity index (χ2v) is 12.0. The molecule has 0 unspecified atom stereocenters. The lowest BCUT2D eigenvalue weighted by molar-refractivity contribution is -0.261. The Morgan fingerprint density at radius 3 is 2.17 bits per heavy atom. The minimum atomic E-state index is -5.28. The lowest BCUT2D eigenvalue weighted by atomic mass is 9.90. The summed E-state index contributed by atoms with van der Waals surface area (Å²) in [7, 11) is 4.55. The summed E-state index contributed by atoms with van der Waals surface area (Å²) in [6.45, 7) is 1.53. The van der Waals surface area contributed by atoms with Crippen molar-refractivity contribution in [3.8, 4) is 0 Å². The van der Waals surface area contributed by atoms with Crippen LogP contribution in [0.25, 0.3) is 0 Å². The van der Waals surface area contributed by atoms with Gasteiger partial charge in [-0.2, -0.15) is 13.2 Å². The number of amides is 2. The Balaban J connectivity index is 1.36. The molecule has 2 aliphatic rings. The zero-order valence-corrected chi connectivity index (χ0v) is 24.4. The number of aromatic nitrogens is 1. The summed E-state index contributed by atoms with van der Waals surface area (Å²) in [6.07, 6.45) is -2.79. The van der Waals surface area contributed by atoms with Gasteiger partial charge in [0, 0.05) is 56.4 Å². The van der Waals surface area contributed by atoms with Crippen LogP contribution < -0.4 is 4.90 Å². The van der Waals surface area contributed by atoms with Crippen LogP contribution in [-0.4, -0.2) is 78.7 Å². The highest BCUT2D eigenvalue weighted by Crippen LogP contribution is 2.49. The molecule has 13 heteroatoms. The van der Waals surface area contributed by atoms with E-state index in [0.717, 1.165) is 49.4 Å². The van der Waals surface area contributed by atoms with Gasteiger partial charge in [0.1, 0.15) is 11.0 Å². The summed E-state index contributed by atoms with van der Waals surface area (Å²) >= 11 is 18.0. The van der Waals surface area contributed by atoms with E-state index in [9.17, 15) is 27.9 Å². The van der Waals surface area contributed by atoms with Crippen molar-refractivity contribution in [2.45, 2.75) is 31.0 Å². The first-order valence-electron chi connectivity index (χ1n) is 12.8. The van der Waals surface area contributed by atoms with E-state index in [-0.39, 0.29) is 39.5 Å². The normalized spacial score (nSPS) is 21.1. The van der Waals surface area contributed by atoms with Crippen LogP contribution in [0, 0.1) is 17.8 Å². The smallest absolute Gasteiger partial charge is 0.368 e. The fourth-order valence-electron chi connectivity index (χ4n) is 5.50. The third-order valence-electron chi connectivity index (χ3n) is 7.77. The summed E-state index contributed by atoms with van der Waals surface area (Å²) in [6, 6.07) is 6.47. The molecule has 0 bridgehead atoms. The van der Waals surface area contributed by atoms with Gasteiger partial charge in [-0.05, 0) is 67.3 Å². The van der Waals surface area contributed by atoms with Crippen molar-refractivity contribution in [1.82, 2.24) is 14.8 Å². The third-order valence-corrected chi connectivity index (χ3v) is 8.50. The van der Waals surface area contributed by atoms with E-state index in [1.165, 1.54) is 18.0 Å². The molecule has 1 saturated carbocycles. The number of alkyl halides is 3. The van der Waals surface area contributed by atoms with Crippen molar-refractivity contribution >= 4 is 52.4 Å². The van der Waals surface area contributed by atoms with Crippen molar-refractivity contribution in [3.05, 3.63) is 56.7 Å². The Labute approximate surface area is 245 Å². The van der Waals surface area contributed by atoms with Gasteiger partial charge in [-0.3, -0.25) is 9.59 Å². The summed E-state index contributed by atoms with van der Waals surface area (Å²) in [5.41, 5.74) is -4.16. The SMILES string of the molecule is CN(C)C(=O)c1ccc(N2CCC([C@H]3C[C@H]3CN(C)C(=O)[C@](O)(c3cc(Cl)cc(Cl)c3)C(F)(F)F)CC2)nc1Cl. The molecule has 218 valence electrons. The maximum absolute atomic E-state index is 14.1. The van der Waals surface area contributed by atoms with Gasteiger partial charge in [0.15, 0.2) is 0 Å². The first kappa shape index (κ1) is 30.7. The standard InChI is InChI=1S/C27H30Cl3F3N4O3/c1-35(2)24(38)20-4-5-22(34-23(20)30)37-8-6-15(7-9-37)21-10-16(21)14-36(3)25(39)26(40,27(31,32)33)17-11-18(28)13-19(29)12-17/h4-5,11-13,15-16,21,40H,6-10,14H2,1-3H3/t16-,21+,26+/m0/s1. The summed E-state index contributed by atoms with van der Waals surface area (Å²) in [5.74, 6) is -0.357. The van der Waals surface area contributed by atoms with Crippen LogP contribution in [0.2, 0.25) is 15.2 Å². The minimum Gasteiger partial charge on any atom is -0.368 e. The topological polar surface area (TPSA) is 77.0 Å². The van der Waals surface area contributed by atoms with Gasteiger partial charge in [0.05, 0.1) is 5.56 Å². The number of pyridine rings is 1. The molecule has 40 heavy (non-hydrogen) atoms. The lowest BCUT2D eigenvalue weighted by Crippen LogP contribution is -2.55. The molecule has 1 aromatic carbocycles. The van der Waals surface area contributed by atoms with Gasteiger partial charge in [0.2, 0.25) is 0 Å². The number of likely N-dealkylation sites (N-methyl/N-ethyl adjacent to an activating group) is 1. The van der Waals surface area contributed by atoms with Crippen molar-refractivity contribution in [2.24, 2.45) is 17.8 Å². The van der Waals surface area contributed by atoms with Crippen LogP contribution in [0.3, 0.4) is 0 Å². The van der Waals surface area contributed by atoms with Gasteiger partial charge >= 0.3 is 6.18 Å². The van der Waals surface area contributed by atoms with Crippen molar-refractivity contribution in [1.29, 1.82) is 0 Å². The number of carbonyl (C=O) groups excluding carboxylic acids is 2. The monoisotopic (exact) mass is 620 g/mol. The predicted octanol–water partition coefficient (Wildman–Crippen LogP) is 5.50. The molecule has 2 aromatic rings. The van der Waals surface area contributed by atoms with Crippen molar-refractivity contribution in [2.75, 3.05) is 45.7 Å². The number of hydrogen-bond donors (Lipinski definition) is 1. The highest BCUT2D eigenvalue weighted by atomic mass is 35.5. The van der Waals surface area contributed by atoms with E-state index in [1.807, 2.05) is 0 Å². The van der Waals surface area contributed by atoms with Gasteiger partial charge < -0.3 is 19.8 Å². The van der Waals surface area contributed by atoms with Gasteiger partial charge in [-0.1, -0.05) is 34.8 Å². The van der Waals surface area contributed by atoms with E-state index in [4.69, 9.17) is 34.8 Å². The first-order valence-corrected chi connectivity index (χ1v) is 13.9. The molecule has 7 nitrogen and oxygen atoms in total. The molecule has 1 aliphatic carbocycles. The van der Waals surface area contributed by atoms with E-state index < -0.39 is 23.2 Å². The minimum absolute atomic E-state index is 0.0369. The summed E-state index contributed by atoms with van der Waals surface area (Å²) in [5, 5.41) is 10.6. The van der Waals surface area contributed by atoms with E-state index in [0.29, 0.717) is 17.3 Å². The molecule has 1 saturated heterocycles. The highest BCUT2D eigenvalue weighted by molar-refractivity contribution is 6.34. The Bertz CT molecular complexity index is 1270. The molecule has 3 atom stereocenters. The number of carbonyl (C=O) groups is 2. The van der Waals surface area contributed by atoms with Gasteiger partial charge in [-0.25, -0.2) is 4.98 Å². The maximum Gasteiger partial charge on any atom is 0.430 e. The molecule has 4 rings (SSSR count). The average Bonchev–Trinajstić information content (AvgIpc) is 3.65. The van der Waals surface area contributed by atoms with Gasteiger partial charge in [-0.15, -0.1) is 0 Å². The Morgan fingerprint density at radius 1 is 1.05 bits per heavy atom. The fourth-order valence-corrected chi connectivity index (χ4v) is 6.25. The molecular formula is C27H30Cl3F3N4O3. The number of rotatable bonds is 7. The number of piperidine rings is 1. The number of halogens is 6. The summed E-state index contributed by atoms with van der Waals surface area (Å²) < 4.78 is 42.2. The molecule has 0 spiro atoms. The second kappa shape index (κ2) is 11.5. The quantitative estimate of drug-likeness (QED) is 0.413. The van der Waals surface area contributed by atoms with Crippen LogP contribution in [-0.2, 0) is 10.4 Å². The number of hydrogen-bond acceptors (Lipinski definition) is 5. The third kappa shape index (κ3) is 6.15. The highest BCUT2D eigenvalue weighted by Gasteiger charge is 2.62.